The predicted molar refractivity (Wildman–Crippen MR) is 81.5 cm³/mol. The summed E-state index contributed by atoms with van der Waals surface area (Å²) in [5, 5.41) is 2.64. The molecule has 0 saturated carbocycles. The number of Topliss-reactive ketones (excluding diaryl/α,β-unsaturated/α-hetero) is 1. The van der Waals surface area contributed by atoms with E-state index in [2.05, 4.69) is 5.32 Å². The van der Waals surface area contributed by atoms with Gasteiger partial charge in [0.1, 0.15) is 17.3 Å². The van der Waals surface area contributed by atoms with Gasteiger partial charge < -0.3 is 9.73 Å². The lowest BCUT2D eigenvalue weighted by Crippen LogP contribution is -2.12. The summed E-state index contributed by atoms with van der Waals surface area (Å²) in [6.07, 6.45) is 0.577. The minimum absolute atomic E-state index is 0.0629. The molecule has 0 radical (unpaired) electrons. The van der Waals surface area contributed by atoms with Crippen molar-refractivity contribution < 1.29 is 18.4 Å². The fourth-order valence-corrected chi connectivity index (χ4v) is 2.15. The lowest BCUT2D eigenvalue weighted by atomic mass is 10.1. The first kappa shape index (κ1) is 15.9. The zero-order valence-electron chi connectivity index (χ0n) is 12.8. The molecule has 0 atom stereocenters. The number of anilines is 1. The maximum atomic E-state index is 13.4. The number of nitrogens with one attached hydrogen (secondary N) is 1. The van der Waals surface area contributed by atoms with Crippen LogP contribution in [-0.4, -0.2) is 11.7 Å². The van der Waals surface area contributed by atoms with E-state index in [9.17, 15) is 14.0 Å². The number of carbonyl (C=O) groups is 2. The van der Waals surface area contributed by atoms with Gasteiger partial charge in [0.2, 0.25) is 5.91 Å². The van der Waals surface area contributed by atoms with Gasteiger partial charge in [-0.15, -0.1) is 0 Å². The van der Waals surface area contributed by atoms with Crippen LogP contribution in [0.1, 0.15) is 40.8 Å². The van der Waals surface area contributed by atoms with Crippen LogP contribution in [-0.2, 0) is 11.2 Å². The highest BCUT2D eigenvalue weighted by molar-refractivity contribution is 5.95. The lowest BCUT2D eigenvalue weighted by molar-refractivity contribution is -0.116. The third-order valence-electron chi connectivity index (χ3n) is 3.40. The van der Waals surface area contributed by atoms with E-state index in [1.54, 1.807) is 32.0 Å². The van der Waals surface area contributed by atoms with Gasteiger partial charge >= 0.3 is 0 Å². The summed E-state index contributed by atoms with van der Waals surface area (Å²) in [5.41, 5.74) is 1.49. The monoisotopic (exact) mass is 303 g/mol. The van der Waals surface area contributed by atoms with E-state index in [1.165, 1.54) is 13.0 Å². The molecule has 0 bridgehead atoms. The number of aryl methyl sites for hydroxylation is 3. The number of carbonyl (C=O) groups excluding carboxylic acids is 2. The predicted octanol–water partition coefficient (Wildman–Crippen LogP) is 3.81. The first-order valence-corrected chi connectivity index (χ1v) is 7.03. The van der Waals surface area contributed by atoms with Gasteiger partial charge in [-0.25, -0.2) is 4.39 Å². The smallest absolute Gasteiger partial charge is 0.224 e. The van der Waals surface area contributed by atoms with Gasteiger partial charge in [0.25, 0.3) is 0 Å². The van der Waals surface area contributed by atoms with Crippen molar-refractivity contribution in [3.05, 3.63) is 52.7 Å². The number of amides is 1. The van der Waals surface area contributed by atoms with Crippen molar-refractivity contribution in [1.29, 1.82) is 0 Å². The van der Waals surface area contributed by atoms with Gasteiger partial charge in [0, 0.05) is 18.5 Å². The van der Waals surface area contributed by atoms with Crippen LogP contribution in [0, 0.1) is 19.7 Å². The average Bonchev–Trinajstić information content (AvgIpc) is 2.82. The topological polar surface area (TPSA) is 59.3 Å². The Morgan fingerprint density at radius 2 is 1.95 bits per heavy atom. The number of rotatable bonds is 5. The maximum Gasteiger partial charge on any atom is 0.224 e. The molecule has 2 rings (SSSR count). The molecule has 0 fully saturated rings. The van der Waals surface area contributed by atoms with E-state index < -0.39 is 0 Å². The van der Waals surface area contributed by atoms with Crippen LogP contribution in [0.4, 0.5) is 10.1 Å². The molecule has 1 aromatic heterocycles. The molecule has 0 aliphatic carbocycles. The Kier molecular flexibility index (Phi) is 4.75. The molecule has 5 heteroatoms. The van der Waals surface area contributed by atoms with Crippen molar-refractivity contribution in [3.8, 4) is 0 Å². The van der Waals surface area contributed by atoms with Gasteiger partial charge in [0.15, 0.2) is 5.78 Å². The molecule has 1 amide bonds. The number of hydrogen-bond donors (Lipinski definition) is 1. The fourth-order valence-electron chi connectivity index (χ4n) is 2.15. The quantitative estimate of drug-likeness (QED) is 0.854. The van der Waals surface area contributed by atoms with Crippen LogP contribution in [0.5, 0.6) is 0 Å². The summed E-state index contributed by atoms with van der Waals surface area (Å²) >= 11 is 0. The van der Waals surface area contributed by atoms with Gasteiger partial charge in [-0.2, -0.15) is 0 Å². The Hall–Kier alpha value is -2.43. The molecule has 2 aromatic rings. The summed E-state index contributed by atoms with van der Waals surface area (Å²) in [4.78, 5) is 23.2. The van der Waals surface area contributed by atoms with E-state index >= 15 is 0 Å². The average molecular weight is 303 g/mol. The van der Waals surface area contributed by atoms with Gasteiger partial charge in [0.05, 0.1) is 5.56 Å². The minimum atomic E-state index is -0.356. The largest absolute Gasteiger partial charge is 0.466 e. The second kappa shape index (κ2) is 6.56. The highest BCUT2D eigenvalue weighted by Gasteiger charge is 2.12. The third-order valence-corrected chi connectivity index (χ3v) is 3.40. The van der Waals surface area contributed by atoms with Crippen LogP contribution in [0.3, 0.4) is 0 Å². The molecule has 0 saturated heterocycles. The van der Waals surface area contributed by atoms with Crippen molar-refractivity contribution in [3.63, 3.8) is 0 Å². The van der Waals surface area contributed by atoms with Crippen LogP contribution >= 0.6 is 0 Å². The first-order chi connectivity index (χ1) is 10.4. The second-order valence-electron chi connectivity index (χ2n) is 5.25. The molecule has 0 unspecified atom stereocenters. The summed E-state index contributed by atoms with van der Waals surface area (Å²) in [5.74, 6) is 0.496. The zero-order valence-corrected chi connectivity index (χ0v) is 12.8. The molecule has 0 spiro atoms. The molecular formula is C17H18FNO3. The second-order valence-corrected chi connectivity index (χ2v) is 5.25. The number of furan rings is 1. The van der Waals surface area contributed by atoms with E-state index in [-0.39, 0.29) is 23.9 Å². The lowest BCUT2D eigenvalue weighted by Gasteiger charge is -2.05. The Bertz CT molecular complexity index is 719. The van der Waals surface area contributed by atoms with Crippen LogP contribution in [0.15, 0.2) is 28.7 Å². The van der Waals surface area contributed by atoms with Gasteiger partial charge in [-0.1, -0.05) is 6.07 Å². The molecule has 1 heterocycles. The van der Waals surface area contributed by atoms with Crippen molar-refractivity contribution in [1.82, 2.24) is 0 Å². The Balaban J connectivity index is 1.94. The SMILES string of the molecule is CC(=O)c1cc(CCC(=O)Nc2ccc(C)c(F)c2)oc1C. The number of hydrogen-bond acceptors (Lipinski definition) is 3. The highest BCUT2D eigenvalue weighted by Crippen LogP contribution is 2.17. The van der Waals surface area contributed by atoms with Crippen LogP contribution in [0.25, 0.3) is 0 Å². The Morgan fingerprint density at radius 3 is 2.55 bits per heavy atom. The molecule has 0 aliphatic heterocycles. The summed E-state index contributed by atoms with van der Waals surface area (Å²) in [7, 11) is 0. The summed E-state index contributed by atoms with van der Waals surface area (Å²) in [6.45, 7) is 4.85. The Morgan fingerprint density at radius 1 is 1.23 bits per heavy atom. The number of benzene rings is 1. The molecule has 4 nitrogen and oxygen atoms in total. The number of ketones is 1. The van der Waals surface area contributed by atoms with Gasteiger partial charge in [-0.05, 0) is 44.5 Å². The normalized spacial score (nSPS) is 10.5. The van der Waals surface area contributed by atoms with E-state index in [4.69, 9.17) is 4.42 Å². The number of halogens is 1. The van der Waals surface area contributed by atoms with E-state index in [0.29, 0.717) is 34.8 Å². The molecule has 1 N–H and O–H groups in total. The van der Waals surface area contributed by atoms with Crippen molar-refractivity contribution in [2.45, 2.75) is 33.6 Å². The Labute approximate surface area is 128 Å². The maximum absolute atomic E-state index is 13.4. The first-order valence-electron chi connectivity index (χ1n) is 7.03. The summed E-state index contributed by atoms with van der Waals surface area (Å²) < 4.78 is 18.9. The highest BCUT2D eigenvalue weighted by atomic mass is 19.1. The third kappa shape index (κ3) is 3.81. The van der Waals surface area contributed by atoms with Crippen molar-refractivity contribution >= 4 is 17.4 Å². The van der Waals surface area contributed by atoms with Crippen LogP contribution in [0.2, 0.25) is 0 Å². The standard InChI is InChI=1S/C17H18FNO3/c1-10-4-5-13(8-16(10)18)19-17(21)7-6-14-9-15(11(2)20)12(3)22-14/h4-5,8-9H,6-7H2,1-3H3,(H,19,21). The van der Waals surface area contributed by atoms with Crippen molar-refractivity contribution in [2.75, 3.05) is 5.32 Å². The summed E-state index contributed by atoms with van der Waals surface area (Å²) in [6, 6.07) is 6.22. The van der Waals surface area contributed by atoms with E-state index in [0.717, 1.165) is 0 Å². The minimum Gasteiger partial charge on any atom is -0.466 e. The molecule has 116 valence electrons. The molecular weight excluding hydrogens is 285 g/mol. The van der Waals surface area contributed by atoms with E-state index in [1.807, 2.05) is 0 Å². The van der Waals surface area contributed by atoms with Crippen molar-refractivity contribution in [2.24, 2.45) is 0 Å². The molecule has 0 aliphatic rings. The molecule has 1 aromatic carbocycles. The van der Waals surface area contributed by atoms with Crippen LogP contribution < -0.4 is 5.32 Å². The van der Waals surface area contributed by atoms with Gasteiger partial charge in [-0.3, -0.25) is 9.59 Å². The molecule has 22 heavy (non-hydrogen) atoms. The fraction of sp³-hybridized carbons (Fsp3) is 0.294. The zero-order chi connectivity index (χ0) is 16.3.